The average molecular weight is 395 g/mol. The summed E-state index contributed by atoms with van der Waals surface area (Å²) >= 11 is 11.5. The quantitative estimate of drug-likeness (QED) is 0.862. The summed E-state index contributed by atoms with van der Waals surface area (Å²) in [5.41, 5.74) is 1.22. The molecule has 1 amide bonds. The van der Waals surface area contributed by atoms with E-state index in [4.69, 9.17) is 23.2 Å². The Morgan fingerprint density at radius 1 is 1.23 bits per heavy atom. The molecule has 1 aliphatic heterocycles. The van der Waals surface area contributed by atoms with Gasteiger partial charge in [-0.05, 0) is 43.0 Å². The third-order valence-electron chi connectivity index (χ3n) is 4.54. The van der Waals surface area contributed by atoms with Crippen molar-refractivity contribution in [1.29, 1.82) is 0 Å². The highest BCUT2D eigenvalue weighted by atomic mass is 35.5. The van der Waals surface area contributed by atoms with Crippen molar-refractivity contribution in [3.8, 4) is 0 Å². The lowest BCUT2D eigenvalue weighted by molar-refractivity contribution is -0.117. The summed E-state index contributed by atoms with van der Waals surface area (Å²) in [5.74, 6) is 0.417. The van der Waals surface area contributed by atoms with E-state index >= 15 is 0 Å². The van der Waals surface area contributed by atoms with Crippen molar-refractivity contribution in [1.82, 2.24) is 9.78 Å². The molecule has 0 unspecified atom stereocenters. The normalized spacial score (nSPS) is 15.1. The number of nitrogens with one attached hydrogen (secondary N) is 1. The van der Waals surface area contributed by atoms with Crippen LogP contribution in [0.25, 0.3) is 0 Å². The summed E-state index contributed by atoms with van der Waals surface area (Å²) in [5, 5.41) is 6.50. The van der Waals surface area contributed by atoms with Crippen molar-refractivity contribution >= 4 is 40.5 Å². The molecule has 1 fully saturated rings. The van der Waals surface area contributed by atoms with Crippen LogP contribution in [-0.4, -0.2) is 28.8 Å². The molecule has 0 saturated carbocycles. The van der Waals surface area contributed by atoms with Gasteiger partial charge in [-0.15, -0.1) is 0 Å². The monoisotopic (exact) mass is 394 g/mol. The number of hydrogen-bond acceptors (Lipinski definition) is 4. The lowest BCUT2D eigenvalue weighted by Crippen LogP contribution is -2.32. The topological polar surface area (TPSA) is 67.2 Å². The summed E-state index contributed by atoms with van der Waals surface area (Å²) < 4.78 is 0.979. The van der Waals surface area contributed by atoms with Crippen LogP contribution < -0.4 is 15.8 Å². The van der Waals surface area contributed by atoms with Crippen LogP contribution in [-0.2, 0) is 11.3 Å². The third-order valence-corrected chi connectivity index (χ3v) is 5.28. The number of amides is 1. The number of anilines is 2. The molecule has 0 atom stereocenters. The van der Waals surface area contributed by atoms with Crippen molar-refractivity contribution in [2.45, 2.75) is 26.3 Å². The van der Waals surface area contributed by atoms with Crippen LogP contribution in [0.15, 0.2) is 35.3 Å². The maximum Gasteiger partial charge on any atom is 0.287 e. The van der Waals surface area contributed by atoms with Gasteiger partial charge in [0.15, 0.2) is 0 Å². The molecule has 1 aliphatic rings. The number of carbonyl (C=O) groups excluding carboxylic acids is 1. The summed E-state index contributed by atoms with van der Waals surface area (Å²) in [4.78, 5) is 26.4. The maximum atomic E-state index is 12.2. The molecule has 0 bridgehead atoms. The molecular formula is C18H20Cl2N4O2. The predicted molar refractivity (Wildman–Crippen MR) is 104 cm³/mol. The second-order valence-corrected chi connectivity index (χ2v) is 7.32. The van der Waals surface area contributed by atoms with Crippen LogP contribution in [0.3, 0.4) is 0 Å². The van der Waals surface area contributed by atoms with Gasteiger partial charge in [-0.1, -0.05) is 30.1 Å². The first kappa shape index (κ1) is 18.7. The zero-order valence-electron chi connectivity index (χ0n) is 14.4. The number of hydrogen-bond donors (Lipinski definition) is 1. The van der Waals surface area contributed by atoms with Crippen LogP contribution in [0, 0.1) is 5.92 Å². The van der Waals surface area contributed by atoms with Crippen molar-refractivity contribution in [3.63, 3.8) is 0 Å². The van der Waals surface area contributed by atoms with Gasteiger partial charge in [0.25, 0.3) is 5.56 Å². The first-order chi connectivity index (χ1) is 12.4. The molecule has 1 aromatic heterocycles. The Labute approximate surface area is 161 Å². The van der Waals surface area contributed by atoms with Gasteiger partial charge in [0, 0.05) is 24.5 Å². The van der Waals surface area contributed by atoms with Gasteiger partial charge in [0.2, 0.25) is 5.91 Å². The Kier molecular flexibility index (Phi) is 5.84. The van der Waals surface area contributed by atoms with E-state index in [0.717, 1.165) is 29.4 Å². The van der Waals surface area contributed by atoms with Gasteiger partial charge in [-0.25, -0.2) is 4.68 Å². The largest absolute Gasteiger partial charge is 0.372 e. The summed E-state index contributed by atoms with van der Waals surface area (Å²) in [6.07, 6.45) is 3.64. The standard InChI is InChI=1S/C18H20Cl2N4O2/c1-12-6-8-23(9-7-12)14-4-2-13(3-5-14)22-16(25)11-24-18(26)17(20)15(19)10-21-24/h2-5,10,12H,6-9,11H2,1H3,(H,22,25). The van der Waals surface area contributed by atoms with E-state index in [0.29, 0.717) is 5.69 Å². The Morgan fingerprint density at radius 3 is 2.54 bits per heavy atom. The van der Waals surface area contributed by atoms with Gasteiger partial charge in [0.05, 0.1) is 11.2 Å². The van der Waals surface area contributed by atoms with Gasteiger partial charge in [-0.2, -0.15) is 5.10 Å². The van der Waals surface area contributed by atoms with Crippen LogP contribution in [0.4, 0.5) is 11.4 Å². The number of rotatable bonds is 4. The van der Waals surface area contributed by atoms with Crippen molar-refractivity contribution < 1.29 is 4.79 Å². The molecule has 1 saturated heterocycles. The van der Waals surface area contributed by atoms with Gasteiger partial charge in [-0.3, -0.25) is 9.59 Å². The minimum atomic E-state index is -0.594. The number of piperidine rings is 1. The molecule has 0 aliphatic carbocycles. The molecule has 8 heteroatoms. The third kappa shape index (κ3) is 4.37. The molecule has 0 radical (unpaired) electrons. The van der Waals surface area contributed by atoms with Crippen molar-refractivity contribution in [2.24, 2.45) is 5.92 Å². The molecule has 26 heavy (non-hydrogen) atoms. The van der Waals surface area contributed by atoms with E-state index in [2.05, 4.69) is 22.2 Å². The van der Waals surface area contributed by atoms with E-state index < -0.39 is 5.56 Å². The molecule has 2 aromatic rings. The maximum absolute atomic E-state index is 12.2. The lowest BCUT2D eigenvalue weighted by Gasteiger charge is -2.32. The fourth-order valence-corrected chi connectivity index (χ4v) is 3.19. The molecule has 6 nitrogen and oxygen atoms in total. The average Bonchev–Trinajstić information content (AvgIpc) is 2.64. The molecule has 1 N–H and O–H groups in total. The number of carbonyl (C=O) groups is 1. The Morgan fingerprint density at radius 2 is 1.88 bits per heavy atom. The first-order valence-electron chi connectivity index (χ1n) is 8.50. The van der Waals surface area contributed by atoms with Crippen LogP contribution in [0.1, 0.15) is 19.8 Å². The number of halogens is 2. The fourth-order valence-electron chi connectivity index (χ4n) is 2.92. The smallest absolute Gasteiger partial charge is 0.287 e. The number of benzene rings is 1. The Bertz CT molecular complexity index is 843. The van der Waals surface area contributed by atoms with Crippen molar-refractivity contribution in [3.05, 3.63) is 50.9 Å². The van der Waals surface area contributed by atoms with E-state index in [-0.39, 0.29) is 22.5 Å². The summed E-state index contributed by atoms with van der Waals surface area (Å²) in [7, 11) is 0. The fraction of sp³-hybridized carbons (Fsp3) is 0.389. The van der Waals surface area contributed by atoms with Gasteiger partial charge in [0.1, 0.15) is 11.6 Å². The lowest BCUT2D eigenvalue weighted by atomic mass is 9.99. The molecular weight excluding hydrogens is 375 g/mol. The minimum absolute atomic E-state index is 0.0658. The van der Waals surface area contributed by atoms with E-state index in [9.17, 15) is 9.59 Å². The van der Waals surface area contributed by atoms with Gasteiger partial charge < -0.3 is 10.2 Å². The van der Waals surface area contributed by atoms with E-state index in [1.807, 2.05) is 24.3 Å². The minimum Gasteiger partial charge on any atom is -0.372 e. The predicted octanol–water partition coefficient (Wildman–Crippen LogP) is 3.43. The highest BCUT2D eigenvalue weighted by Gasteiger charge is 2.16. The molecule has 3 rings (SSSR count). The van der Waals surface area contributed by atoms with E-state index in [1.165, 1.54) is 19.0 Å². The second-order valence-electron chi connectivity index (χ2n) is 6.53. The first-order valence-corrected chi connectivity index (χ1v) is 9.25. The van der Waals surface area contributed by atoms with Crippen molar-refractivity contribution in [2.75, 3.05) is 23.3 Å². The number of nitrogens with zero attached hydrogens (tertiary/aromatic N) is 3. The molecule has 0 spiro atoms. The second kappa shape index (κ2) is 8.10. The highest BCUT2D eigenvalue weighted by molar-refractivity contribution is 6.41. The van der Waals surface area contributed by atoms with Crippen LogP contribution >= 0.6 is 23.2 Å². The summed E-state index contributed by atoms with van der Waals surface area (Å²) in [6, 6.07) is 7.71. The zero-order valence-corrected chi connectivity index (χ0v) is 15.9. The summed E-state index contributed by atoms with van der Waals surface area (Å²) in [6.45, 7) is 4.16. The van der Waals surface area contributed by atoms with E-state index in [1.54, 1.807) is 0 Å². The van der Waals surface area contributed by atoms with Crippen LogP contribution in [0.2, 0.25) is 10.0 Å². The van der Waals surface area contributed by atoms with Gasteiger partial charge >= 0.3 is 0 Å². The number of aromatic nitrogens is 2. The molecule has 2 heterocycles. The zero-order chi connectivity index (χ0) is 18.7. The Balaban J connectivity index is 1.61. The Hall–Kier alpha value is -2.05. The SMILES string of the molecule is CC1CCN(c2ccc(NC(=O)Cn3ncc(Cl)c(Cl)c3=O)cc2)CC1. The molecule has 1 aromatic carbocycles. The molecule has 138 valence electrons. The highest BCUT2D eigenvalue weighted by Crippen LogP contribution is 2.24. The van der Waals surface area contributed by atoms with Crippen LogP contribution in [0.5, 0.6) is 0 Å².